The van der Waals surface area contributed by atoms with E-state index in [1.807, 2.05) is 0 Å². The first-order valence-electron chi connectivity index (χ1n) is 5.70. The quantitative estimate of drug-likeness (QED) is 0.560. The van der Waals surface area contributed by atoms with Gasteiger partial charge in [-0.2, -0.15) is 0 Å². The van der Waals surface area contributed by atoms with Crippen molar-refractivity contribution in [2.45, 2.75) is 20.8 Å². The van der Waals surface area contributed by atoms with Crippen LogP contribution in [0.4, 0.5) is 4.79 Å². The normalized spacial score (nSPS) is 20.1. The van der Waals surface area contributed by atoms with Crippen molar-refractivity contribution in [1.82, 2.24) is 10.2 Å². The SMILES string of the molecule is CCOC(=O)CN1C(=O)NC(=O)C(C(C)C)C1=O. The average Bonchev–Trinajstić information content (AvgIpc) is 2.23. The number of barbiturate groups is 1. The van der Waals surface area contributed by atoms with Gasteiger partial charge in [0.05, 0.1) is 6.61 Å². The summed E-state index contributed by atoms with van der Waals surface area (Å²) in [4.78, 5) is 47.0. The van der Waals surface area contributed by atoms with Gasteiger partial charge < -0.3 is 4.74 Å². The number of nitrogens with zero attached hydrogens (tertiary/aromatic N) is 1. The lowest BCUT2D eigenvalue weighted by Gasteiger charge is -2.31. The van der Waals surface area contributed by atoms with Crippen molar-refractivity contribution in [2.24, 2.45) is 11.8 Å². The molecule has 0 spiro atoms. The lowest BCUT2D eigenvalue weighted by atomic mass is 9.92. The predicted octanol–water partition coefficient (Wildman–Crippen LogP) is -0.0999. The molecule has 1 aliphatic rings. The number of carbonyl (C=O) groups is 4. The van der Waals surface area contributed by atoms with E-state index in [1.54, 1.807) is 20.8 Å². The first kappa shape index (κ1) is 14.1. The zero-order valence-corrected chi connectivity index (χ0v) is 10.6. The van der Waals surface area contributed by atoms with Crippen LogP contribution in [0.25, 0.3) is 0 Å². The summed E-state index contributed by atoms with van der Waals surface area (Å²) in [5, 5.41) is 2.06. The van der Waals surface area contributed by atoms with Crippen LogP contribution in [-0.2, 0) is 19.1 Å². The molecule has 18 heavy (non-hydrogen) atoms. The average molecular weight is 256 g/mol. The smallest absolute Gasteiger partial charge is 0.331 e. The molecule has 1 aliphatic heterocycles. The number of esters is 1. The fourth-order valence-electron chi connectivity index (χ4n) is 1.70. The van der Waals surface area contributed by atoms with E-state index < -0.39 is 36.3 Å². The lowest BCUT2D eigenvalue weighted by molar-refractivity contribution is -0.152. The predicted molar refractivity (Wildman–Crippen MR) is 60.2 cm³/mol. The Labute approximate surface area is 104 Å². The van der Waals surface area contributed by atoms with Crippen LogP contribution in [0.5, 0.6) is 0 Å². The van der Waals surface area contributed by atoms with E-state index in [4.69, 9.17) is 0 Å². The Balaban J connectivity index is 2.84. The maximum Gasteiger partial charge on any atom is 0.331 e. The fraction of sp³-hybridized carbons (Fsp3) is 0.636. The van der Waals surface area contributed by atoms with Gasteiger partial charge in [-0.05, 0) is 12.8 Å². The van der Waals surface area contributed by atoms with Crippen LogP contribution in [0.3, 0.4) is 0 Å². The van der Waals surface area contributed by atoms with E-state index in [-0.39, 0.29) is 12.5 Å². The molecule has 7 nitrogen and oxygen atoms in total. The van der Waals surface area contributed by atoms with Gasteiger partial charge in [0.1, 0.15) is 12.5 Å². The second-order valence-electron chi connectivity index (χ2n) is 4.25. The highest BCUT2D eigenvalue weighted by Crippen LogP contribution is 2.18. The Morgan fingerprint density at radius 3 is 2.50 bits per heavy atom. The number of ether oxygens (including phenoxy) is 1. The van der Waals surface area contributed by atoms with Gasteiger partial charge in [-0.15, -0.1) is 0 Å². The molecule has 1 fully saturated rings. The van der Waals surface area contributed by atoms with Crippen LogP contribution >= 0.6 is 0 Å². The van der Waals surface area contributed by atoms with Gasteiger partial charge in [0, 0.05) is 0 Å². The summed E-state index contributed by atoms with van der Waals surface area (Å²) in [6.07, 6.45) is 0. The monoisotopic (exact) mass is 256 g/mol. The minimum atomic E-state index is -0.947. The zero-order chi connectivity index (χ0) is 13.9. The van der Waals surface area contributed by atoms with E-state index in [9.17, 15) is 19.2 Å². The minimum absolute atomic E-state index is 0.162. The minimum Gasteiger partial charge on any atom is -0.465 e. The largest absolute Gasteiger partial charge is 0.465 e. The third-order valence-corrected chi connectivity index (χ3v) is 2.55. The summed E-state index contributed by atoms with van der Waals surface area (Å²) >= 11 is 0. The molecule has 1 rings (SSSR count). The second-order valence-corrected chi connectivity index (χ2v) is 4.25. The molecule has 7 heteroatoms. The highest BCUT2D eigenvalue weighted by molar-refractivity contribution is 6.17. The van der Waals surface area contributed by atoms with Crippen molar-refractivity contribution < 1.29 is 23.9 Å². The Morgan fingerprint density at radius 1 is 1.39 bits per heavy atom. The van der Waals surface area contributed by atoms with Gasteiger partial charge in [0.2, 0.25) is 11.8 Å². The number of rotatable bonds is 4. The molecule has 0 radical (unpaired) electrons. The van der Waals surface area contributed by atoms with Crippen LogP contribution < -0.4 is 5.32 Å². The summed E-state index contributed by atoms with van der Waals surface area (Å²) < 4.78 is 4.67. The Hall–Kier alpha value is -1.92. The summed E-state index contributed by atoms with van der Waals surface area (Å²) in [6.45, 7) is 4.70. The van der Waals surface area contributed by atoms with Crippen molar-refractivity contribution in [3.05, 3.63) is 0 Å². The van der Waals surface area contributed by atoms with Gasteiger partial charge in [-0.25, -0.2) is 4.79 Å². The fourth-order valence-corrected chi connectivity index (χ4v) is 1.70. The van der Waals surface area contributed by atoms with Crippen LogP contribution in [0.1, 0.15) is 20.8 Å². The molecule has 1 N–H and O–H groups in total. The third kappa shape index (κ3) is 2.85. The molecule has 0 aromatic carbocycles. The van der Waals surface area contributed by atoms with E-state index in [0.29, 0.717) is 4.90 Å². The van der Waals surface area contributed by atoms with E-state index in [2.05, 4.69) is 10.1 Å². The molecule has 0 aromatic rings. The standard InChI is InChI=1S/C11H16N2O5/c1-4-18-7(14)5-13-10(16)8(6(2)3)9(15)12-11(13)17/h6,8H,4-5H2,1-3H3,(H,12,15,17). The van der Waals surface area contributed by atoms with Crippen molar-refractivity contribution >= 4 is 23.8 Å². The maximum absolute atomic E-state index is 12.0. The summed E-state index contributed by atoms with van der Waals surface area (Å²) in [5.74, 6) is -3.17. The molecular formula is C11H16N2O5. The molecule has 0 aromatic heterocycles. The molecule has 1 heterocycles. The lowest BCUT2D eigenvalue weighted by Crippen LogP contribution is -2.60. The number of hydrogen-bond donors (Lipinski definition) is 1. The molecule has 1 unspecified atom stereocenters. The van der Waals surface area contributed by atoms with Crippen LogP contribution in [0, 0.1) is 11.8 Å². The first-order valence-corrected chi connectivity index (χ1v) is 5.70. The van der Waals surface area contributed by atoms with Gasteiger partial charge in [-0.3, -0.25) is 24.6 Å². The molecule has 100 valence electrons. The summed E-state index contributed by atoms with van der Waals surface area (Å²) in [5.41, 5.74) is 0. The number of carbonyl (C=O) groups excluding carboxylic acids is 4. The first-order chi connectivity index (χ1) is 8.38. The Kier molecular flexibility index (Phi) is 4.41. The van der Waals surface area contributed by atoms with Crippen molar-refractivity contribution in [3.8, 4) is 0 Å². The molecule has 1 saturated heterocycles. The highest BCUT2D eigenvalue weighted by Gasteiger charge is 2.42. The van der Waals surface area contributed by atoms with E-state index in [1.165, 1.54) is 0 Å². The Morgan fingerprint density at radius 2 is 2.00 bits per heavy atom. The third-order valence-electron chi connectivity index (χ3n) is 2.55. The number of amides is 4. The number of imide groups is 2. The summed E-state index contributed by atoms with van der Waals surface area (Å²) in [7, 11) is 0. The van der Waals surface area contributed by atoms with Gasteiger partial charge in [-0.1, -0.05) is 13.8 Å². The number of hydrogen-bond acceptors (Lipinski definition) is 5. The Bertz CT molecular complexity index is 391. The van der Waals surface area contributed by atoms with E-state index >= 15 is 0 Å². The van der Waals surface area contributed by atoms with Crippen molar-refractivity contribution in [2.75, 3.05) is 13.2 Å². The molecule has 1 atom stereocenters. The van der Waals surface area contributed by atoms with E-state index in [0.717, 1.165) is 0 Å². The molecule has 0 aliphatic carbocycles. The summed E-state index contributed by atoms with van der Waals surface area (Å²) in [6, 6.07) is -0.880. The highest BCUT2D eigenvalue weighted by atomic mass is 16.5. The van der Waals surface area contributed by atoms with Gasteiger partial charge >= 0.3 is 12.0 Å². The van der Waals surface area contributed by atoms with Gasteiger partial charge in [0.25, 0.3) is 0 Å². The number of urea groups is 1. The molecule has 4 amide bonds. The molecule has 0 bridgehead atoms. The maximum atomic E-state index is 12.0. The topological polar surface area (TPSA) is 92.8 Å². The second kappa shape index (κ2) is 5.61. The molecule has 0 saturated carbocycles. The van der Waals surface area contributed by atoms with Crippen LogP contribution in [0.2, 0.25) is 0 Å². The zero-order valence-electron chi connectivity index (χ0n) is 10.6. The number of nitrogens with one attached hydrogen (secondary N) is 1. The van der Waals surface area contributed by atoms with Crippen molar-refractivity contribution in [3.63, 3.8) is 0 Å². The molecular weight excluding hydrogens is 240 g/mol. The van der Waals surface area contributed by atoms with Crippen LogP contribution in [0.15, 0.2) is 0 Å². The van der Waals surface area contributed by atoms with Crippen molar-refractivity contribution in [1.29, 1.82) is 0 Å². The van der Waals surface area contributed by atoms with Gasteiger partial charge in [0.15, 0.2) is 0 Å². The van der Waals surface area contributed by atoms with Crippen LogP contribution in [-0.4, -0.2) is 41.9 Å².